The maximum Gasteiger partial charge on any atom is 0.418 e. The van der Waals surface area contributed by atoms with Gasteiger partial charge in [-0.15, -0.1) is 0 Å². The Morgan fingerprint density at radius 3 is 2.19 bits per heavy atom. The molecular weight excluding hydrogens is 432 g/mol. The van der Waals surface area contributed by atoms with E-state index in [0.717, 1.165) is 0 Å². The van der Waals surface area contributed by atoms with Gasteiger partial charge in [0.05, 0.1) is 11.3 Å². The van der Waals surface area contributed by atoms with Gasteiger partial charge in [0.25, 0.3) is 0 Å². The number of fused-ring (bicyclic) bond motifs is 1. The highest BCUT2D eigenvalue weighted by atomic mass is 79.9. The molecule has 2 rings (SSSR count). The smallest absolute Gasteiger partial charge is 0.418 e. The number of anilines is 1. The summed E-state index contributed by atoms with van der Waals surface area (Å²) in [6, 6.07) is -0.448. The van der Waals surface area contributed by atoms with Gasteiger partial charge in [-0.2, -0.15) is 26.3 Å². The van der Waals surface area contributed by atoms with Gasteiger partial charge in [0.2, 0.25) is 0 Å². The van der Waals surface area contributed by atoms with Gasteiger partial charge in [0.1, 0.15) is 11.6 Å². The Bertz CT molecular complexity index is 708. The van der Waals surface area contributed by atoms with Crippen LogP contribution in [0.25, 0.3) is 0 Å². The molecule has 0 aliphatic carbocycles. The first kappa shape index (κ1) is 20.9. The van der Waals surface area contributed by atoms with Crippen molar-refractivity contribution in [2.75, 3.05) is 4.90 Å². The maximum atomic E-state index is 13.5. The van der Waals surface area contributed by atoms with E-state index in [1.165, 1.54) is 26.8 Å². The van der Waals surface area contributed by atoms with Gasteiger partial charge < -0.3 is 4.74 Å². The van der Waals surface area contributed by atoms with E-state index < -0.39 is 47.8 Å². The second kappa shape index (κ2) is 6.61. The lowest BCUT2D eigenvalue weighted by Crippen LogP contribution is -2.53. The lowest BCUT2D eigenvalue weighted by atomic mass is 9.92. The third kappa shape index (κ3) is 4.44. The van der Waals surface area contributed by atoms with Crippen LogP contribution in [-0.4, -0.2) is 23.9 Å². The zero-order valence-electron chi connectivity index (χ0n) is 14.1. The minimum atomic E-state index is -4.94. The Morgan fingerprint density at radius 2 is 1.73 bits per heavy atom. The summed E-state index contributed by atoms with van der Waals surface area (Å²) in [5.41, 5.74) is -3.29. The monoisotopic (exact) mass is 447 g/mol. The van der Waals surface area contributed by atoms with E-state index in [1.54, 1.807) is 0 Å². The molecule has 10 heteroatoms. The zero-order valence-corrected chi connectivity index (χ0v) is 15.6. The van der Waals surface area contributed by atoms with Crippen LogP contribution in [0.4, 0.5) is 36.8 Å². The summed E-state index contributed by atoms with van der Waals surface area (Å²) in [4.78, 5) is 12.5. The molecule has 0 spiro atoms. The molecular formula is C16H16BrF6NO2. The van der Waals surface area contributed by atoms with E-state index in [4.69, 9.17) is 4.74 Å². The molecule has 146 valence electrons. The van der Waals surface area contributed by atoms with E-state index in [2.05, 4.69) is 15.9 Å². The number of hydrogen-bond acceptors (Lipinski definition) is 2. The standard InChI is InChI=1S/C16H16BrF6NO2/c1-14(2,3)26-13(25)24-11(16(21,22)23)5-4-8-6-9(17)7-10(12(8)24)15(18,19)20/h6-7,11H,4-5H2,1-3H3. The molecule has 0 bridgehead atoms. The molecule has 0 radical (unpaired) electrons. The maximum absolute atomic E-state index is 13.5. The topological polar surface area (TPSA) is 29.5 Å². The van der Waals surface area contributed by atoms with Crippen molar-refractivity contribution in [3.8, 4) is 0 Å². The van der Waals surface area contributed by atoms with Crippen LogP contribution in [0.5, 0.6) is 0 Å². The predicted octanol–water partition coefficient (Wildman–Crippen LogP) is 6.09. The Kier molecular flexibility index (Phi) is 5.31. The van der Waals surface area contributed by atoms with Crippen LogP contribution in [0.2, 0.25) is 0 Å². The largest absolute Gasteiger partial charge is 0.443 e. The zero-order chi connectivity index (χ0) is 20.1. The number of alkyl halides is 6. The van der Waals surface area contributed by atoms with Gasteiger partial charge in [-0.05, 0) is 51.3 Å². The van der Waals surface area contributed by atoms with E-state index in [-0.39, 0.29) is 21.4 Å². The molecule has 0 fully saturated rings. The van der Waals surface area contributed by atoms with Crippen molar-refractivity contribution in [1.29, 1.82) is 0 Å². The molecule has 1 amide bonds. The number of aryl methyl sites for hydroxylation is 1. The third-order valence-corrected chi connectivity index (χ3v) is 4.12. The van der Waals surface area contributed by atoms with Crippen molar-refractivity contribution < 1.29 is 35.9 Å². The van der Waals surface area contributed by atoms with Crippen molar-refractivity contribution in [2.45, 2.75) is 57.6 Å². The van der Waals surface area contributed by atoms with Gasteiger partial charge >= 0.3 is 18.4 Å². The SMILES string of the molecule is CC(C)(C)OC(=O)N1c2c(cc(Br)cc2C(F)(F)F)CCC1C(F)(F)F. The van der Waals surface area contributed by atoms with Gasteiger partial charge in [0, 0.05) is 4.47 Å². The molecule has 3 nitrogen and oxygen atoms in total. The molecule has 0 aromatic heterocycles. The minimum Gasteiger partial charge on any atom is -0.443 e. The van der Waals surface area contributed by atoms with Crippen molar-refractivity contribution in [3.63, 3.8) is 0 Å². The van der Waals surface area contributed by atoms with Crippen molar-refractivity contribution in [3.05, 3.63) is 27.7 Å². The van der Waals surface area contributed by atoms with E-state index >= 15 is 0 Å². The number of carbonyl (C=O) groups is 1. The van der Waals surface area contributed by atoms with Gasteiger partial charge in [0.15, 0.2) is 0 Å². The Labute approximate surface area is 154 Å². The highest BCUT2D eigenvalue weighted by molar-refractivity contribution is 9.10. The molecule has 1 aliphatic rings. The Balaban J connectivity index is 2.70. The molecule has 0 N–H and O–H groups in total. The molecule has 1 aromatic rings. The highest BCUT2D eigenvalue weighted by Gasteiger charge is 2.52. The second-order valence-electron chi connectivity index (χ2n) is 6.91. The summed E-state index contributed by atoms with van der Waals surface area (Å²) in [6.45, 7) is 4.26. The average molecular weight is 448 g/mol. The molecule has 1 atom stereocenters. The van der Waals surface area contributed by atoms with Crippen LogP contribution in [0.1, 0.15) is 38.3 Å². The van der Waals surface area contributed by atoms with Crippen molar-refractivity contribution >= 4 is 27.7 Å². The lowest BCUT2D eigenvalue weighted by molar-refractivity contribution is -0.152. The average Bonchev–Trinajstić information content (AvgIpc) is 2.40. The quantitative estimate of drug-likeness (QED) is 0.450. The van der Waals surface area contributed by atoms with Crippen LogP contribution in [0.3, 0.4) is 0 Å². The first-order valence-electron chi connectivity index (χ1n) is 7.60. The molecule has 1 unspecified atom stereocenters. The summed E-state index contributed by atoms with van der Waals surface area (Å²) in [7, 11) is 0. The summed E-state index contributed by atoms with van der Waals surface area (Å²) in [5.74, 6) is 0. The summed E-state index contributed by atoms with van der Waals surface area (Å²) >= 11 is 2.94. The number of benzene rings is 1. The normalized spacial score (nSPS) is 18.5. The number of rotatable bonds is 0. The van der Waals surface area contributed by atoms with Crippen LogP contribution >= 0.6 is 15.9 Å². The summed E-state index contributed by atoms with van der Waals surface area (Å²) in [6.07, 6.45) is -12.1. The number of hydrogen-bond donors (Lipinski definition) is 0. The van der Waals surface area contributed by atoms with Crippen LogP contribution < -0.4 is 4.90 Å². The molecule has 0 saturated heterocycles. The van der Waals surface area contributed by atoms with Crippen molar-refractivity contribution in [1.82, 2.24) is 0 Å². The molecule has 1 aliphatic heterocycles. The lowest BCUT2D eigenvalue weighted by Gasteiger charge is -2.40. The van der Waals surface area contributed by atoms with Crippen LogP contribution in [0.15, 0.2) is 16.6 Å². The number of amides is 1. The molecule has 0 saturated carbocycles. The van der Waals surface area contributed by atoms with Crippen molar-refractivity contribution in [2.24, 2.45) is 0 Å². The highest BCUT2D eigenvalue weighted by Crippen LogP contribution is 2.47. The van der Waals surface area contributed by atoms with Crippen LogP contribution in [0, 0.1) is 0 Å². The van der Waals surface area contributed by atoms with Crippen LogP contribution in [-0.2, 0) is 17.3 Å². The molecule has 26 heavy (non-hydrogen) atoms. The second-order valence-corrected chi connectivity index (χ2v) is 7.82. The fourth-order valence-corrected chi connectivity index (χ4v) is 3.27. The van der Waals surface area contributed by atoms with Gasteiger partial charge in [-0.25, -0.2) is 4.79 Å². The minimum absolute atomic E-state index is 0.00180. The fraction of sp³-hybridized carbons (Fsp3) is 0.562. The number of carbonyl (C=O) groups excluding carboxylic acids is 1. The number of nitrogens with zero attached hydrogens (tertiary/aromatic N) is 1. The molecule has 1 heterocycles. The first-order chi connectivity index (χ1) is 11.6. The number of halogens is 7. The van der Waals surface area contributed by atoms with E-state index in [1.807, 2.05) is 0 Å². The Morgan fingerprint density at radius 1 is 1.15 bits per heavy atom. The number of ether oxygens (including phenoxy) is 1. The van der Waals surface area contributed by atoms with E-state index in [0.29, 0.717) is 6.07 Å². The Hall–Kier alpha value is -1.45. The molecule has 1 aromatic carbocycles. The van der Waals surface area contributed by atoms with E-state index in [9.17, 15) is 31.1 Å². The fourth-order valence-electron chi connectivity index (χ4n) is 2.76. The first-order valence-corrected chi connectivity index (χ1v) is 8.39. The predicted molar refractivity (Wildman–Crippen MR) is 86.0 cm³/mol. The third-order valence-electron chi connectivity index (χ3n) is 3.67. The summed E-state index contributed by atoms with van der Waals surface area (Å²) in [5, 5.41) is 0. The van der Waals surface area contributed by atoms with Gasteiger partial charge in [-0.1, -0.05) is 15.9 Å². The summed E-state index contributed by atoms with van der Waals surface area (Å²) < 4.78 is 85.8. The van der Waals surface area contributed by atoms with Gasteiger partial charge in [-0.3, -0.25) is 4.90 Å².